The van der Waals surface area contributed by atoms with Gasteiger partial charge in [-0.2, -0.15) is 0 Å². The van der Waals surface area contributed by atoms with Crippen molar-refractivity contribution in [2.45, 2.75) is 123 Å². The average Bonchev–Trinajstić information content (AvgIpc) is 2.63. The van der Waals surface area contributed by atoms with Gasteiger partial charge in [0.1, 0.15) is 0 Å². The first-order valence-electron chi connectivity index (χ1n) is 10.9. The number of nitrogens with one attached hydrogen (secondary N) is 1. The maximum absolute atomic E-state index is 10.2. The van der Waals surface area contributed by atoms with Gasteiger partial charge in [-0.15, -0.1) is 0 Å². The molecule has 0 aliphatic carbocycles. The lowest BCUT2D eigenvalue weighted by atomic mass is 10.0. The molecule has 0 aliphatic heterocycles. The molecule has 0 amide bonds. The molecule has 2 nitrogen and oxygen atoms in total. The van der Waals surface area contributed by atoms with Gasteiger partial charge in [0.05, 0.1) is 12.1 Å². The summed E-state index contributed by atoms with van der Waals surface area (Å²) in [5, 5.41) is 13.6. The number of hydrogen-bond acceptors (Lipinski definition) is 2. The molecular weight excluding hydrogens is 306 g/mol. The number of hydrogen-bond donors (Lipinski definition) is 2. The second-order valence-corrected chi connectivity index (χ2v) is 7.36. The van der Waals surface area contributed by atoms with Gasteiger partial charge in [-0.3, -0.25) is 0 Å². The fourth-order valence-electron chi connectivity index (χ4n) is 3.09. The zero-order valence-corrected chi connectivity index (χ0v) is 17.4. The largest absolute Gasteiger partial charge is 0.387 e. The van der Waals surface area contributed by atoms with Crippen LogP contribution in [0.25, 0.3) is 0 Å². The molecular formula is C23H45NO. The summed E-state index contributed by atoms with van der Waals surface area (Å²) in [7, 11) is 0. The van der Waals surface area contributed by atoms with Crippen molar-refractivity contribution in [3.63, 3.8) is 0 Å². The summed E-state index contributed by atoms with van der Waals surface area (Å²) in [6.45, 7) is 10.4. The summed E-state index contributed by atoms with van der Waals surface area (Å²) in [6.07, 6.45) is 21.8. The zero-order valence-electron chi connectivity index (χ0n) is 17.4. The average molecular weight is 352 g/mol. The lowest BCUT2D eigenvalue weighted by Gasteiger charge is -2.22. The van der Waals surface area contributed by atoms with Crippen molar-refractivity contribution in [1.29, 1.82) is 0 Å². The molecule has 0 spiro atoms. The molecule has 0 saturated carbocycles. The number of allylic oxidation sites excluding steroid dienone is 2. The number of aliphatic hydroxyl groups is 1. The molecule has 148 valence electrons. The lowest BCUT2D eigenvalue weighted by Crippen LogP contribution is -2.37. The van der Waals surface area contributed by atoms with E-state index in [-0.39, 0.29) is 6.04 Å². The fourth-order valence-corrected chi connectivity index (χ4v) is 3.09. The molecule has 2 atom stereocenters. The van der Waals surface area contributed by atoms with Crippen LogP contribution in [0.15, 0.2) is 24.4 Å². The Morgan fingerprint density at radius 1 is 0.880 bits per heavy atom. The molecule has 0 fully saturated rings. The second kappa shape index (κ2) is 18.0. The third-order valence-corrected chi connectivity index (χ3v) is 4.98. The van der Waals surface area contributed by atoms with E-state index in [1.54, 1.807) is 0 Å². The predicted molar refractivity (Wildman–Crippen MR) is 113 cm³/mol. The van der Waals surface area contributed by atoms with Gasteiger partial charge in [0.15, 0.2) is 0 Å². The Labute approximate surface area is 158 Å². The van der Waals surface area contributed by atoms with E-state index in [9.17, 15) is 5.11 Å². The molecule has 0 aromatic carbocycles. The van der Waals surface area contributed by atoms with Crippen molar-refractivity contribution in [1.82, 2.24) is 5.32 Å². The summed E-state index contributed by atoms with van der Waals surface area (Å²) in [4.78, 5) is 0. The van der Waals surface area contributed by atoms with Crippen LogP contribution in [-0.4, -0.2) is 17.3 Å². The van der Waals surface area contributed by atoms with Crippen molar-refractivity contribution in [3.05, 3.63) is 24.4 Å². The van der Waals surface area contributed by atoms with E-state index in [4.69, 9.17) is 0 Å². The van der Waals surface area contributed by atoms with E-state index in [2.05, 4.69) is 38.7 Å². The molecule has 25 heavy (non-hydrogen) atoms. The van der Waals surface area contributed by atoms with Crippen LogP contribution >= 0.6 is 0 Å². The Kier molecular flexibility index (Phi) is 17.5. The Balaban J connectivity index is 3.54. The first kappa shape index (κ1) is 24.2. The monoisotopic (exact) mass is 351 g/mol. The molecule has 0 saturated heterocycles. The summed E-state index contributed by atoms with van der Waals surface area (Å²) in [6, 6.07) is 0.0843. The highest BCUT2D eigenvalue weighted by Gasteiger charge is 2.13. The van der Waals surface area contributed by atoms with Gasteiger partial charge in [-0.1, -0.05) is 104 Å². The number of unbranched alkanes of at least 4 members (excludes halogenated alkanes) is 11. The molecule has 0 aromatic heterocycles. The normalized spacial score (nSPS) is 13.9. The van der Waals surface area contributed by atoms with E-state index >= 15 is 0 Å². The highest BCUT2D eigenvalue weighted by molar-refractivity contribution is 5.00. The molecule has 0 radical (unpaired) electrons. The molecule has 0 aliphatic rings. The Hall–Kier alpha value is -0.760. The summed E-state index contributed by atoms with van der Waals surface area (Å²) < 4.78 is 0. The number of rotatable bonds is 18. The number of aliphatic hydroxyl groups excluding tert-OH is 1. The molecule has 2 heteroatoms. The maximum Gasteiger partial charge on any atom is 0.0921 e. The minimum atomic E-state index is -0.416. The third kappa shape index (κ3) is 15.2. The second-order valence-electron chi connectivity index (χ2n) is 7.36. The molecule has 0 heterocycles. The van der Waals surface area contributed by atoms with Crippen LogP contribution < -0.4 is 5.32 Å². The SMILES string of the molecule is C=C(CC)NC(CC)C(O)/C=C/CCCCCCCCCCCCC. The fraction of sp³-hybridized carbons (Fsp3) is 0.826. The van der Waals surface area contributed by atoms with Crippen molar-refractivity contribution in [2.24, 2.45) is 0 Å². The minimum absolute atomic E-state index is 0.0843. The maximum atomic E-state index is 10.2. The summed E-state index contributed by atoms with van der Waals surface area (Å²) >= 11 is 0. The first-order chi connectivity index (χ1) is 12.2. The van der Waals surface area contributed by atoms with Gasteiger partial charge in [0.2, 0.25) is 0 Å². The highest BCUT2D eigenvalue weighted by Crippen LogP contribution is 2.12. The van der Waals surface area contributed by atoms with E-state index in [1.807, 2.05) is 6.08 Å². The van der Waals surface area contributed by atoms with Crippen molar-refractivity contribution < 1.29 is 5.11 Å². The van der Waals surface area contributed by atoms with Crippen molar-refractivity contribution in [3.8, 4) is 0 Å². The summed E-state index contributed by atoms with van der Waals surface area (Å²) in [5.74, 6) is 0. The van der Waals surface area contributed by atoms with Gasteiger partial charge in [0.25, 0.3) is 0 Å². The van der Waals surface area contributed by atoms with Crippen LogP contribution in [0, 0.1) is 0 Å². The Bertz CT molecular complexity index is 324. The van der Waals surface area contributed by atoms with Crippen LogP contribution in [0.1, 0.15) is 111 Å². The van der Waals surface area contributed by atoms with Gasteiger partial charge in [0, 0.05) is 5.70 Å². The molecule has 0 rings (SSSR count). The topological polar surface area (TPSA) is 32.3 Å². The van der Waals surface area contributed by atoms with Gasteiger partial charge in [-0.25, -0.2) is 0 Å². The van der Waals surface area contributed by atoms with Crippen LogP contribution in [0.2, 0.25) is 0 Å². The van der Waals surface area contributed by atoms with E-state index in [0.29, 0.717) is 0 Å². The minimum Gasteiger partial charge on any atom is -0.387 e. The van der Waals surface area contributed by atoms with E-state index < -0.39 is 6.10 Å². The zero-order chi connectivity index (χ0) is 18.8. The molecule has 0 aromatic rings. The third-order valence-electron chi connectivity index (χ3n) is 4.98. The predicted octanol–water partition coefficient (Wildman–Crippen LogP) is 6.90. The standard InChI is InChI=1S/C23H45NO/c1-5-8-9-10-11-12-13-14-15-16-17-18-19-20-23(25)22(7-3)24-21(4)6-2/h19-20,22-25H,4-18H2,1-3H3/b20-19+. The Morgan fingerprint density at radius 3 is 1.88 bits per heavy atom. The van der Waals surface area contributed by atoms with Crippen molar-refractivity contribution >= 4 is 0 Å². The first-order valence-corrected chi connectivity index (χ1v) is 10.9. The van der Waals surface area contributed by atoms with E-state index in [1.165, 1.54) is 70.6 Å². The van der Waals surface area contributed by atoms with Crippen LogP contribution in [0.3, 0.4) is 0 Å². The van der Waals surface area contributed by atoms with E-state index in [0.717, 1.165) is 25.0 Å². The van der Waals surface area contributed by atoms with Gasteiger partial charge < -0.3 is 10.4 Å². The van der Waals surface area contributed by atoms with Gasteiger partial charge in [-0.05, 0) is 25.7 Å². The van der Waals surface area contributed by atoms with Crippen LogP contribution in [0.4, 0.5) is 0 Å². The lowest BCUT2D eigenvalue weighted by molar-refractivity contribution is 0.173. The Morgan fingerprint density at radius 2 is 1.40 bits per heavy atom. The molecule has 0 bridgehead atoms. The highest BCUT2D eigenvalue weighted by atomic mass is 16.3. The van der Waals surface area contributed by atoms with Crippen LogP contribution in [-0.2, 0) is 0 Å². The van der Waals surface area contributed by atoms with Crippen molar-refractivity contribution in [2.75, 3.05) is 0 Å². The quantitative estimate of drug-likeness (QED) is 0.208. The molecule has 2 N–H and O–H groups in total. The smallest absolute Gasteiger partial charge is 0.0921 e. The van der Waals surface area contributed by atoms with Gasteiger partial charge >= 0.3 is 0 Å². The molecule has 2 unspecified atom stereocenters. The van der Waals surface area contributed by atoms with Crippen LogP contribution in [0.5, 0.6) is 0 Å². The summed E-state index contributed by atoms with van der Waals surface area (Å²) in [5.41, 5.74) is 1.00.